The molecule has 1 rings (SSSR count). The number of nitrogens with one attached hydrogen (secondary N) is 2. The molecule has 6 nitrogen and oxygen atoms in total. The van der Waals surface area contributed by atoms with Crippen molar-refractivity contribution in [2.24, 2.45) is 5.41 Å². The molecule has 1 saturated carbocycles. The first-order valence-corrected chi connectivity index (χ1v) is 8.50. The third-order valence-electron chi connectivity index (χ3n) is 4.29. The Morgan fingerprint density at radius 3 is 2.09 bits per heavy atom. The highest BCUT2D eigenvalue weighted by atomic mass is 16.4. The standard InChI is InChI=1S/C17H30N2O4/c1-16(2,3)14(21)18-12-8-9-13(20)19-17(15(22)23)10-6-4-5-7-11-17/h4-12H2,1-3H3,(H,18,21)(H,19,20)(H,22,23). The summed E-state index contributed by atoms with van der Waals surface area (Å²) < 4.78 is 0. The van der Waals surface area contributed by atoms with Gasteiger partial charge in [0.25, 0.3) is 0 Å². The highest BCUT2D eigenvalue weighted by Gasteiger charge is 2.39. The predicted molar refractivity (Wildman–Crippen MR) is 87.9 cm³/mol. The Kier molecular flexibility index (Phi) is 7.03. The van der Waals surface area contributed by atoms with Crippen LogP contribution in [0, 0.1) is 5.41 Å². The summed E-state index contributed by atoms with van der Waals surface area (Å²) in [6.45, 7) is 5.91. The number of carbonyl (C=O) groups excluding carboxylic acids is 2. The van der Waals surface area contributed by atoms with Gasteiger partial charge in [0.1, 0.15) is 5.54 Å². The number of carboxylic acids is 1. The SMILES string of the molecule is CC(C)(C)C(=O)NCCCC(=O)NC1(C(=O)O)CCCCCC1. The van der Waals surface area contributed by atoms with Gasteiger partial charge in [0.05, 0.1) is 0 Å². The highest BCUT2D eigenvalue weighted by molar-refractivity contribution is 5.87. The first kappa shape index (κ1) is 19.5. The molecule has 1 aliphatic rings. The van der Waals surface area contributed by atoms with Crippen molar-refractivity contribution in [3.05, 3.63) is 0 Å². The molecule has 0 atom stereocenters. The molecule has 23 heavy (non-hydrogen) atoms. The Bertz CT molecular complexity index is 432. The van der Waals surface area contributed by atoms with Crippen LogP contribution in [0.2, 0.25) is 0 Å². The maximum Gasteiger partial charge on any atom is 0.329 e. The third-order valence-corrected chi connectivity index (χ3v) is 4.29. The zero-order valence-electron chi connectivity index (χ0n) is 14.5. The van der Waals surface area contributed by atoms with Crippen molar-refractivity contribution in [2.75, 3.05) is 6.54 Å². The minimum Gasteiger partial charge on any atom is -0.480 e. The molecule has 0 radical (unpaired) electrons. The average molecular weight is 326 g/mol. The van der Waals surface area contributed by atoms with Crippen LogP contribution in [0.1, 0.15) is 72.1 Å². The molecule has 0 unspecified atom stereocenters. The molecule has 6 heteroatoms. The summed E-state index contributed by atoms with van der Waals surface area (Å²) in [5, 5.41) is 15.1. The smallest absolute Gasteiger partial charge is 0.329 e. The van der Waals surface area contributed by atoms with Crippen molar-refractivity contribution >= 4 is 17.8 Å². The van der Waals surface area contributed by atoms with Gasteiger partial charge in [-0.1, -0.05) is 46.5 Å². The lowest BCUT2D eigenvalue weighted by molar-refractivity contribution is -0.148. The van der Waals surface area contributed by atoms with Gasteiger partial charge in [-0.25, -0.2) is 4.79 Å². The van der Waals surface area contributed by atoms with E-state index >= 15 is 0 Å². The molecule has 0 spiro atoms. The summed E-state index contributed by atoms with van der Waals surface area (Å²) in [7, 11) is 0. The normalized spacial score (nSPS) is 17.9. The summed E-state index contributed by atoms with van der Waals surface area (Å²) in [6, 6.07) is 0. The quantitative estimate of drug-likeness (QED) is 0.515. The van der Waals surface area contributed by atoms with E-state index in [1.807, 2.05) is 20.8 Å². The van der Waals surface area contributed by atoms with E-state index in [0.717, 1.165) is 25.7 Å². The lowest BCUT2D eigenvalue weighted by atomic mass is 9.90. The molecule has 1 aliphatic carbocycles. The van der Waals surface area contributed by atoms with Crippen LogP contribution in [-0.2, 0) is 14.4 Å². The van der Waals surface area contributed by atoms with E-state index in [9.17, 15) is 19.5 Å². The van der Waals surface area contributed by atoms with Gasteiger partial charge in [0.2, 0.25) is 11.8 Å². The highest BCUT2D eigenvalue weighted by Crippen LogP contribution is 2.27. The van der Waals surface area contributed by atoms with E-state index in [2.05, 4.69) is 10.6 Å². The number of hydrogen-bond acceptors (Lipinski definition) is 3. The Balaban J connectivity index is 2.42. The van der Waals surface area contributed by atoms with Gasteiger partial charge in [0.15, 0.2) is 0 Å². The summed E-state index contributed by atoms with van der Waals surface area (Å²) in [6.07, 6.45) is 5.41. The van der Waals surface area contributed by atoms with Crippen molar-refractivity contribution in [1.29, 1.82) is 0 Å². The van der Waals surface area contributed by atoms with Crippen molar-refractivity contribution in [3.63, 3.8) is 0 Å². The van der Waals surface area contributed by atoms with E-state index in [1.165, 1.54) is 0 Å². The topological polar surface area (TPSA) is 95.5 Å². The van der Waals surface area contributed by atoms with Crippen LogP contribution in [0.4, 0.5) is 0 Å². The summed E-state index contributed by atoms with van der Waals surface area (Å²) in [5.74, 6) is -1.24. The molecular weight excluding hydrogens is 296 g/mol. The Labute approximate surface area is 138 Å². The van der Waals surface area contributed by atoms with Crippen LogP contribution in [0.15, 0.2) is 0 Å². The zero-order valence-corrected chi connectivity index (χ0v) is 14.5. The second kappa shape index (κ2) is 8.31. The Morgan fingerprint density at radius 1 is 1.04 bits per heavy atom. The fraction of sp³-hybridized carbons (Fsp3) is 0.824. The van der Waals surface area contributed by atoms with Crippen LogP contribution in [0.3, 0.4) is 0 Å². The molecule has 132 valence electrons. The van der Waals surface area contributed by atoms with Gasteiger partial charge >= 0.3 is 5.97 Å². The first-order valence-electron chi connectivity index (χ1n) is 8.50. The predicted octanol–water partition coefficient (Wildman–Crippen LogP) is 2.22. The molecule has 0 bridgehead atoms. The summed E-state index contributed by atoms with van der Waals surface area (Å²) >= 11 is 0. The Hall–Kier alpha value is -1.59. The van der Waals surface area contributed by atoms with E-state index in [4.69, 9.17) is 0 Å². The molecule has 1 fully saturated rings. The molecule has 0 aromatic heterocycles. The number of carboxylic acid groups (broad SMARTS) is 1. The molecule has 0 aromatic carbocycles. The largest absolute Gasteiger partial charge is 0.480 e. The monoisotopic (exact) mass is 326 g/mol. The van der Waals surface area contributed by atoms with Crippen molar-refractivity contribution in [3.8, 4) is 0 Å². The van der Waals surface area contributed by atoms with Crippen molar-refractivity contribution < 1.29 is 19.5 Å². The first-order chi connectivity index (χ1) is 10.7. The fourth-order valence-electron chi connectivity index (χ4n) is 2.77. The van der Waals surface area contributed by atoms with E-state index in [0.29, 0.717) is 25.8 Å². The zero-order chi connectivity index (χ0) is 17.5. The molecule has 0 aromatic rings. The number of rotatable bonds is 6. The fourth-order valence-corrected chi connectivity index (χ4v) is 2.77. The molecule has 2 amide bonds. The number of amides is 2. The second-order valence-corrected chi connectivity index (χ2v) is 7.46. The molecule has 0 heterocycles. The van der Waals surface area contributed by atoms with Crippen LogP contribution in [0.5, 0.6) is 0 Å². The maximum atomic E-state index is 12.1. The van der Waals surface area contributed by atoms with Gasteiger partial charge in [-0.15, -0.1) is 0 Å². The molecule has 3 N–H and O–H groups in total. The van der Waals surface area contributed by atoms with Crippen LogP contribution >= 0.6 is 0 Å². The maximum absolute atomic E-state index is 12.1. The van der Waals surface area contributed by atoms with Crippen molar-refractivity contribution in [2.45, 2.75) is 77.7 Å². The van der Waals surface area contributed by atoms with E-state index in [-0.39, 0.29) is 18.2 Å². The minimum absolute atomic E-state index is 0.0521. The van der Waals surface area contributed by atoms with E-state index < -0.39 is 16.9 Å². The van der Waals surface area contributed by atoms with Gasteiger partial charge < -0.3 is 15.7 Å². The van der Waals surface area contributed by atoms with Crippen LogP contribution in [0.25, 0.3) is 0 Å². The van der Waals surface area contributed by atoms with Crippen molar-refractivity contribution in [1.82, 2.24) is 10.6 Å². The summed E-state index contributed by atoms with van der Waals surface area (Å²) in [5.41, 5.74) is -1.56. The Morgan fingerprint density at radius 2 is 1.61 bits per heavy atom. The van der Waals surface area contributed by atoms with Gasteiger partial charge in [-0.3, -0.25) is 9.59 Å². The molecule has 0 saturated heterocycles. The van der Waals surface area contributed by atoms with Crippen LogP contribution < -0.4 is 10.6 Å². The van der Waals surface area contributed by atoms with E-state index in [1.54, 1.807) is 0 Å². The second-order valence-electron chi connectivity index (χ2n) is 7.46. The number of hydrogen-bond donors (Lipinski definition) is 3. The lowest BCUT2D eigenvalue weighted by Gasteiger charge is -2.29. The average Bonchev–Trinajstić information content (AvgIpc) is 2.68. The minimum atomic E-state index is -1.11. The number of aliphatic carboxylic acids is 1. The summed E-state index contributed by atoms with van der Waals surface area (Å²) in [4.78, 5) is 35.4. The third kappa shape index (κ3) is 6.20. The molecular formula is C17H30N2O4. The van der Waals surface area contributed by atoms with Crippen LogP contribution in [-0.4, -0.2) is 35.0 Å². The molecule has 0 aliphatic heterocycles. The lowest BCUT2D eigenvalue weighted by Crippen LogP contribution is -2.54. The van der Waals surface area contributed by atoms with Gasteiger partial charge in [-0.05, 0) is 19.3 Å². The van der Waals surface area contributed by atoms with Gasteiger partial charge in [0, 0.05) is 18.4 Å². The number of carbonyl (C=O) groups is 3. The van der Waals surface area contributed by atoms with Gasteiger partial charge in [-0.2, -0.15) is 0 Å².